The number of nitrogens with two attached hydrogens (primary N) is 2. The second kappa shape index (κ2) is 10.9. The van der Waals surface area contributed by atoms with Gasteiger partial charge in [0.25, 0.3) is 10.0 Å². The van der Waals surface area contributed by atoms with E-state index in [1.807, 2.05) is 18.6 Å². The van der Waals surface area contributed by atoms with Crippen LogP contribution in [0, 0.1) is 17.5 Å². The van der Waals surface area contributed by atoms with Crippen molar-refractivity contribution in [3.05, 3.63) is 59.5 Å². The number of sulfonamides is 1. The van der Waals surface area contributed by atoms with Crippen LogP contribution in [0.15, 0.2) is 41.4 Å². The molecule has 2 aromatic carbocycles. The number of rotatable bonds is 7. The Morgan fingerprint density at radius 1 is 1.10 bits per heavy atom. The van der Waals surface area contributed by atoms with Gasteiger partial charge in [0, 0.05) is 29.9 Å². The summed E-state index contributed by atoms with van der Waals surface area (Å²) in [5, 5.41) is 5.02. The summed E-state index contributed by atoms with van der Waals surface area (Å²) in [4.78, 5) is 3.59. The van der Waals surface area contributed by atoms with Gasteiger partial charge < -0.3 is 16.2 Å². The maximum atomic E-state index is 15.6. The molecular weight excluding hydrogens is 557 g/mol. The third-order valence-electron chi connectivity index (χ3n) is 7.48. The number of methoxy groups -OCH3 is 1. The highest BCUT2D eigenvalue weighted by atomic mass is 32.2. The fourth-order valence-electron chi connectivity index (χ4n) is 5.37. The van der Waals surface area contributed by atoms with Gasteiger partial charge in [-0.15, -0.1) is 0 Å². The average Bonchev–Trinajstić information content (AvgIpc) is 3.33. The zero-order valence-corrected chi connectivity index (χ0v) is 23.6. The van der Waals surface area contributed by atoms with Crippen LogP contribution in [0.1, 0.15) is 57.1 Å². The van der Waals surface area contributed by atoms with Crippen LogP contribution in [0.5, 0.6) is 5.75 Å². The Balaban J connectivity index is 1.60. The van der Waals surface area contributed by atoms with Gasteiger partial charge in [-0.1, -0.05) is 6.07 Å². The number of benzene rings is 2. The molecule has 4 aromatic rings. The van der Waals surface area contributed by atoms with Crippen LogP contribution in [-0.4, -0.2) is 36.3 Å². The number of anilines is 2. The van der Waals surface area contributed by atoms with Gasteiger partial charge in [-0.2, -0.15) is 5.10 Å². The monoisotopic (exact) mass is 588 g/mol. The standard InChI is InChI=1S/C28H31F3N6O3S/c1-14(2)37-27-18(15-7-9-16(32)10-8-15)13-34-28(33)24(27)26(35-37)17-11-20(30)21(12-19(17)29)36-41(38,39)23-6-4-5-22(40-3)25(23)31/h4-6,11-16,36H,7-10,32H2,1-3H3,(H2,33,34). The van der Waals surface area contributed by atoms with Crippen molar-refractivity contribution < 1.29 is 26.3 Å². The van der Waals surface area contributed by atoms with Crippen molar-refractivity contribution in [2.75, 3.05) is 17.6 Å². The van der Waals surface area contributed by atoms with Crippen LogP contribution in [0.25, 0.3) is 22.2 Å². The lowest BCUT2D eigenvalue weighted by molar-refractivity contribution is 0.380. The molecule has 1 aliphatic carbocycles. The number of hydrogen-bond acceptors (Lipinski definition) is 7. The lowest BCUT2D eigenvalue weighted by atomic mass is 9.82. The highest BCUT2D eigenvalue weighted by Crippen LogP contribution is 2.42. The first-order valence-electron chi connectivity index (χ1n) is 13.2. The number of nitrogens with zero attached hydrogens (tertiary/aromatic N) is 3. The summed E-state index contributed by atoms with van der Waals surface area (Å²) in [7, 11) is -3.46. The summed E-state index contributed by atoms with van der Waals surface area (Å²) in [6.07, 6.45) is 5.14. The largest absolute Gasteiger partial charge is 0.494 e. The molecule has 0 unspecified atom stereocenters. The molecule has 2 heterocycles. The Labute approximate surface area is 235 Å². The van der Waals surface area contributed by atoms with Crippen molar-refractivity contribution in [2.45, 2.75) is 62.4 Å². The van der Waals surface area contributed by atoms with E-state index in [1.54, 1.807) is 10.9 Å². The zero-order chi connectivity index (χ0) is 29.6. The first kappa shape index (κ1) is 28.7. The predicted octanol–water partition coefficient (Wildman–Crippen LogP) is 5.47. The number of hydrogen-bond donors (Lipinski definition) is 3. The maximum Gasteiger partial charge on any atom is 0.265 e. The molecule has 0 atom stereocenters. The number of ether oxygens (including phenoxy) is 1. The minimum atomic E-state index is -4.63. The van der Waals surface area contributed by atoms with Crippen LogP contribution in [0.4, 0.5) is 24.7 Å². The van der Waals surface area contributed by atoms with Gasteiger partial charge >= 0.3 is 0 Å². The summed E-state index contributed by atoms with van der Waals surface area (Å²) in [6, 6.07) is 5.02. The van der Waals surface area contributed by atoms with Crippen molar-refractivity contribution in [2.24, 2.45) is 5.73 Å². The van der Waals surface area contributed by atoms with Gasteiger partial charge in [0.1, 0.15) is 28.0 Å². The van der Waals surface area contributed by atoms with E-state index in [-0.39, 0.29) is 40.8 Å². The first-order chi connectivity index (χ1) is 19.4. The minimum absolute atomic E-state index is 0.0812. The summed E-state index contributed by atoms with van der Waals surface area (Å²) < 4.78 is 79.9. The molecule has 0 amide bonds. The number of pyridine rings is 1. The quantitative estimate of drug-likeness (QED) is 0.260. The number of aromatic nitrogens is 3. The predicted molar refractivity (Wildman–Crippen MR) is 151 cm³/mol. The molecule has 2 aromatic heterocycles. The highest BCUT2D eigenvalue weighted by Gasteiger charge is 2.29. The molecule has 41 heavy (non-hydrogen) atoms. The number of fused-ring (bicyclic) bond motifs is 1. The summed E-state index contributed by atoms with van der Waals surface area (Å²) >= 11 is 0. The Hall–Kier alpha value is -3.84. The van der Waals surface area contributed by atoms with Gasteiger partial charge in [0.05, 0.1) is 23.7 Å². The van der Waals surface area contributed by atoms with Gasteiger partial charge in [-0.05, 0) is 69.2 Å². The molecule has 0 aliphatic heterocycles. The Bertz CT molecular complexity index is 1730. The molecule has 1 saturated carbocycles. The third-order valence-corrected chi connectivity index (χ3v) is 8.86. The summed E-state index contributed by atoms with van der Waals surface area (Å²) in [5.74, 6) is -3.27. The topological polar surface area (TPSA) is 138 Å². The van der Waals surface area contributed by atoms with Crippen LogP contribution in [-0.2, 0) is 10.0 Å². The number of halogens is 3. The lowest BCUT2D eigenvalue weighted by Crippen LogP contribution is -2.26. The van der Waals surface area contributed by atoms with Crippen molar-refractivity contribution >= 4 is 32.4 Å². The molecule has 0 spiro atoms. The molecule has 5 rings (SSSR count). The molecule has 0 bridgehead atoms. The molecule has 0 saturated heterocycles. The SMILES string of the molecule is COc1cccc(S(=O)(=O)Nc2cc(F)c(-c3nn(C(C)C)c4c(C5CCC(N)CC5)cnc(N)c34)cc2F)c1F. The van der Waals surface area contributed by atoms with E-state index in [9.17, 15) is 12.8 Å². The van der Waals surface area contributed by atoms with Crippen molar-refractivity contribution in [3.8, 4) is 17.0 Å². The molecular formula is C28H31F3N6O3S. The minimum Gasteiger partial charge on any atom is -0.494 e. The molecule has 1 fully saturated rings. The van der Waals surface area contributed by atoms with E-state index in [0.717, 1.165) is 43.4 Å². The van der Waals surface area contributed by atoms with E-state index in [2.05, 4.69) is 10.1 Å². The molecule has 218 valence electrons. The number of nitrogen functional groups attached to an aromatic ring is 1. The lowest BCUT2D eigenvalue weighted by Gasteiger charge is -2.27. The normalized spacial score (nSPS) is 17.8. The van der Waals surface area contributed by atoms with Crippen molar-refractivity contribution in [1.82, 2.24) is 14.8 Å². The summed E-state index contributed by atoms with van der Waals surface area (Å²) in [5.41, 5.74) is 13.2. The van der Waals surface area contributed by atoms with Crippen molar-refractivity contribution in [1.29, 1.82) is 0 Å². The molecule has 1 aliphatic rings. The smallest absolute Gasteiger partial charge is 0.265 e. The van der Waals surface area contributed by atoms with Crippen molar-refractivity contribution in [3.63, 3.8) is 0 Å². The zero-order valence-electron chi connectivity index (χ0n) is 22.8. The first-order valence-corrected chi connectivity index (χ1v) is 14.7. The van der Waals surface area contributed by atoms with Gasteiger partial charge in [-0.25, -0.2) is 26.6 Å². The average molecular weight is 589 g/mol. The summed E-state index contributed by atoms with van der Waals surface area (Å²) in [6.45, 7) is 3.83. The Morgan fingerprint density at radius 2 is 1.80 bits per heavy atom. The second-order valence-corrected chi connectivity index (χ2v) is 12.2. The number of nitrogens with one attached hydrogen (secondary N) is 1. The molecule has 13 heteroatoms. The molecule has 9 nitrogen and oxygen atoms in total. The maximum absolute atomic E-state index is 15.6. The molecule has 0 radical (unpaired) electrons. The van der Waals surface area contributed by atoms with E-state index in [1.165, 1.54) is 19.2 Å². The Kier molecular flexibility index (Phi) is 7.60. The van der Waals surface area contributed by atoms with E-state index < -0.39 is 38.1 Å². The fourth-order valence-corrected chi connectivity index (χ4v) is 6.52. The van der Waals surface area contributed by atoms with E-state index in [0.29, 0.717) is 17.0 Å². The van der Waals surface area contributed by atoms with Gasteiger partial charge in [0.15, 0.2) is 11.6 Å². The van der Waals surface area contributed by atoms with Crippen LogP contribution < -0.4 is 20.9 Å². The van der Waals surface area contributed by atoms with Gasteiger partial charge in [0.2, 0.25) is 0 Å². The Morgan fingerprint density at radius 3 is 2.46 bits per heavy atom. The van der Waals surface area contributed by atoms with Crippen LogP contribution in [0.2, 0.25) is 0 Å². The highest BCUT2D eigenvalue weighted by molar-refractivity contribution is 7.92. The van der Waals surface area contributed by atoms with E-state index >= 15 is 8.78 Å². The third kappa shape index (κ3) is 5.19. The second-order valence-electron chi connectivity index (χ2n) is 10.5. The van der Waals surface area contributed by atoms with Gasteiger partial charge in [-0.3, -0.25) is 9.40 Å². The van der Waals surface area contributed by atoms with E-state index in [4.69, 9.17) is 16.2 Å². The molecule has 5 N–H and O–H groups in total. The van der Waals surface area contributed by atoms with Crippen LogP contribution in [0.3, 0.4) is 0 Å². The fraction of sp³-hybridized carbons (Fsp3) is 0.357. The van der Waals surface area contributed by atoms with Crippen LogP contribution >= 0.6 is 0 Å².